The van der Waals surface area contributed by atoms with Crippen molar-refractivity contribution < 1.29 is 4.52 Å². The van der Waals surface area contributed by atoms with Crippen molar-refractivity contribution in [3.05, 3.63) is 71.5 Å². The van der Waals surface area contributed by atoms with Gasteiger partial charge in [-0.2, -0.15) is 0 Å². The van der Waals surface area contributed by atoms with Crippen molar-refractivity contribution in [3.63, 3.8) is 0 Å². The van der Waals surface area contributed by atoms with Gasteiger partial charge in [-0.05, 0) is 50.9 Å². The lowest BCUT2D eigenvalue weighted by molar-refractivity contribution is 0.199. The number of aromatic nitrogens is 3. The summed E-state index contributed by atoms with van der Waals surface area (Å²) >= 11 is 0. The number of nitrogens with zero attached hydrogens (tertiary/aromatic N) is 3. The van der Waals surface area contributed by atoms with Crippen LogP contribution in [0.2, 0.25) is 0 Å². The van der Waals surface area contributed by atoms with Gasteiger partial charge in [0, 0.05) is 59.1 Å². The molecule has 0 radical (unpaired) electrons. The summed E-state index contributed by atoms with van der Waals surface area (Å²) in [5.74, 6) is 1.33. The largest absolute Gasteiger partial charge is 0.361 e. The number of H-pyrrole nitrogens is 1. The fourth-order valence-corrected chi connectivity index (χ4v) is 4.63. The number of pyridine rings is 1. The molecule has 1 saturated heterocycles. The Morgan fingerprint density at radius 3 is 2.86 bits per heavy atom. The van der Waals surface area contributed by atoms with Crippen LogP contribution in [-0.2, 0) is 6.54 Å². The highest BCUT2D eigenvalue weighted by atomic mass is 16.5. The number of hydrogen-bond acceptors (Lipinski definition) is 4. The number of hydrogen-bond donors (Lipinski definition) is 1. The first-order valence-electron chi connectivity index (χ1n) is 10.4. The van der Waals surface area contributed by atoms with Gasteiger partial charge in [-0.1, -0.05) is 29.4 Å². The number of fused-ring (bicyclic) bond motifs is 1. The van der Waals surface area contributed by atoms with Crippen molar-refractivity contribution in [2.75, 3.05) is 13.1 Å². The standard InChI is InChI=1S/C24H26N4O/c1-16-24(17(2)29-27-16)18-9-10-22(25-12-18)19-6-5-11-28(14-19)15-20-13-26-23-8-4-3-7-21(20)23/h3-4,7-10,12-13,19,26H,5-6,11,14-15H2,1-2H3. The summed E-state index contributed by atoms with van der Waals surface area (Å²) in [6, 6.07) is 12.9. The third kappa shape index (κ3) is 3.47. The Labute approximate surface area is 170 Å². The van der Waals surface area contributed by atoms with Gasteiger partial charge in [0.2, 0.25) is 0 Å². The first-order valence-corrected chi connectivity index (χ1v) is 10.4. The zero-order valence-corrected chi connectivity index (χ0v) is 17.0. The van der Waals surface area contributed by atoms with Crippen molar-refractivity contribution in [2.45, 2.75) is 39.2 Å². The highest BCUT2D eigenvalue weighted by Gasteiger charge is 2.23. The minimum Gasteiger partial charge on any atom is -0.361 e. The summed E-state index contributed by atoms with van der Waals surface area (Å²) in [6.45, 7) is 7.11. The Kier molecular flexibility index (Phi) is 4.68. The van der Waals surface area contributed by atoms with E-state index in [-0.39, 0.29) is 0 Å². The van der Waals surface area contributed by atoms with Crippen LogP contribution in [0.4, 0.5) is 0 Å². The van der Waals surface area contributed by atoms with Crippen LogP contribution >= 0.6 is 0 Å². The van der Waals surface area contributed by atoms with E-state index in [1.165, 1.54) is 35.0 Å². The Morgan fingerprint density at radius 2 is 2.07 bits per heavy atom. The molecule has 0 amide bonds. The van der Waals surface area contributed by atoms with Crippen molar-refractivity contribution in [1.29, 1.82) is 0 Å². The van der Waals surface area contributed by atoms with E-state index in [1.54, 1.807) is 0 Å². The molecular formula is C24H26N4O. The molecule has 0 aliphatic carbocycles. The summed E-state index contributed by atoms with van der Waals surface area (Å²) in [5, 5.41) is 5.39. The van der Waals surface area contributed by atoms with Crippen LogP contribution in [0.25, 0.3) is 22.0 Å². The average Bonchev–Trinajstić information content (AvgIpc) is 3.31. The van der Waals surface area contributed by atoms with Gasteiger partial charge in [0.1, 0.15) is 5.76 Å². The molecule has 1 aliphatic rings. The Balaban J connectivity index is 1.32. The fourth-order valence-electron chi connectivity index (χ4n) is 4.63. The maximum Gasteiger partial charge on any atom is 0.141 e. The molecule has 5 heteroatoms. The van der Waals surface area contributed by atoms with Gasteiger partial charge >= 0.3 is 0 Å². The van der Waals surface area contributed by atoms with Crippen LogP contribution in [0, 0.1) is 13.8 Å². The predicted molar refractivity (Wildman–Crippen MR) is 115 cm³/mol. The summed E-state index contributed by atoms with van der Waals surface area (Å²) in [5.41, 5.74) is 6.84. The first kappa shape index (κ1) is 18.1. The zero-order valence-electron chi connectivity index (χ0n) is 17.0. The van der Waals surface area contributed by atoms with Crippen LogP contribution in [0.5, 0.6) is 0 Å². The lowest BCUT2D eigenvalue weighted by atomic mass is 9.93. The van der Waals surface area contributed by atoms with Crippen molar-refractivity contribution in [1.82, 2.24) is 20.0 Å². The van der Waals surface area contributed by atoms with Gasteiger partial charge in [-0.25, -0.2) is 0 Å². The minimum atomic E-state index is 0.479. The normalized spacial score (nSPS) is 17.8. The van der Waals surface area contributed by atoms with E-state index in [4.69, 9.17) is 9.51 Å². The molecule has 1 atom stereocenters. The molecule has 0 spiro atoms. The van der Waals surface area contributed by atoms with E-state index in [0.717, 1.165) is 42.2 Å². The fraction of sp³-hybridized carbons (Fsp3) is 0.333. The molecule has 1 N–H and O–H groups in total. The Bertz CT molecular complexity index is 1110. The molecule has 4 heterocycles. The molecule has 1 fully saturated rings. The second-order valence-electron chi connectivity index (χ2n) is 8.10. The molecule has 148 valence electrons. The smallest absolute Gasteiger partial charge is 0.141 e. The number of nitrogens with one attached hydrogen (secondary N) is 1. The summed E-state index contributed by atoms with van der Waals surface area (Å²) in [7, 11) is 0. The van der Waals surface area contributed by atoms with Crippen LogP contribution in [-0.4, -0.2) is 33.1 Å². The van der Waals surface area contributed by atoms with Crippen LogP contribution in [0.1, 0.15) is 41.5 Å². The van der Waals surface area contributed by atoms with E-state index >= 15 is 0 Å². The zero-order chi connectivity index (χ0) is 19.8. The number of aryl methyl sites for hydroxylation is 2. The summed E-state index contributed by atoms with van der Waals surface area (Å²) in [6.07, 6.45) is 6.54. The van der Waals surface area contributed by atoms with Gasteiger partial charge in [-0.3, -0.25) is 9.88 Å². The van der Waals surface area contributed by atoms with Crippen LogP contribution in [0.3, 0.4) is 0 Å². The second kappa shape index (κ2) is 7.48. The molecular weight excluding hydrogens is 360 g/mol. The van der Waals surface area contributed by atoms with Gasteiger partial charge in [0.15, 0.2) is 0 Å². The minimum absolute atomic E-state index is 0.479. The van der Waals surface area contributed by atoms with E-state index in [1.807, 2.05) is 20.0 Å². The number of para-hydroxylation sites is 1. The van der Waals surface area contributed by atoms with E-state index in [0.29, 0.717) is 5.92 Å². The maximum atomic E-state index is 5.30. The molecule has 1 aliphatic heterocycles. The number of aromatic amines is 1. The molecule has 1 unspecified atom stereocenters. The van der Waals surface area contributed by atoms with Crippen LogP contribution < -0.4 is 0 Å². The van der Waals surface area contributed by atoms with Gasteiger partial charge < -0.3 is 9.51 Å². The SMILES string of the molecule is Cc1noc(C)c1-c1ccc(C2CCCN(Cc3c[nH]c4ccccc34)C2)nc1. The lowest BCUT2D eigenvalue weighted by Gasteiger charge is -2.32. The third-order valence-corrected chi connectivity index (χ3v) is 6.10. The second-order valence-corrected chi connectivity index (χ2v) is 8.10. The molecule has 3 aromatic heterocycles. The molecule has 0 bridgehead atoms. The molecule has 5 nitrogen and oxygen atoms in total. The quantitative estimate of drug-likeness (QED) is 0.523. The average molecular weight is 386 g/mol. The Morgan fingerprint density at radius 1 is 1.17 bits per heavy atom. The third-order valence-electron chi connectivity index (χ3n) is 6.10. The number of likely N-dealkylation sites (tertiary alicyclic amines) is 1. The van der Waals surface area contributed by atoms with Gasteiger partial charge in [0.05, 0.1) is 5.69 Å². The van der Waals surface area contributed by atoms with Crippen molar-refractivity contribution in [2.24, 2.45) is 0 Å². The number of piperidine rings is 1. The van der Waals surface area contributed by atoms with E-state index in [9.17, 15) is 0 Å². The number of benzene rings is 1. The highest BCUT2D eigenvalue weighted by Crippen LogP contribution is 2.31. The van der Waals surface area contributed by atoms with E-state index < -0.39 is 0 Å². The number of rotatable bonds is 4. The summed E-state index contributed by atoms with van der Waals surface area (Å²) in [4.78, 5) is 10.8. The topological polar surface area (TPSA) is 58.0 Å². The van der Waals surface area contributed by atoms with Gasteiger partial charge in [-0.15, -0.1) is 0 Å². The van der Waals surface area contributed by atoms with Crippen molar-refractivity contribution in [3.8, 4) is 11.1 Å². The Hall–Kier alpha value is -2.92. The molecule has 0 saturated carbocycles. The molecule has 29 heavy (non-hydrogen) atoms. The first-order chi connectivity index (χ1) is 14.2. The highest BCUT2D eigenvalue weighted by molar-refractivity contribution is 5.82. The maximum absolute atomic E-state index is 5.30. The van der Waals surface area contributed by atoms with E-state index in [2.05, 4.69) is 57.6 Å². The molecule has 1 aromatic carbocycles. The van der Waals surface area contributed by atoms with Gasteiger partial charge in [0.25, 0.3) is 0 Å². The van der Waals surface area contributed by atoms with Crippen molar-refractivity contribution >= 4 is 10.9 Å². The summed E-state index contributed by atoms with van der Waals surface area (Å²) < 4.78 is 5.30. The lowest BCUT2D eigenvalue weighted by Crippen LogP contribution is -2.34. The molecule has 5 rings (SSSR count). The molecule has 4 aromatic rings. The monoisotopic (exact) mass is 386 g/mol. The van der Waals surface area contributed by atoms with Crippen LogP contribution in [0.15, 0.2) is 53.3 Å². The predicted octanol–water partition coefficient (Wildman–Crippen LogP) is 5.21.